The zero-order valence-electron chi connectivity index (χ0n) is 7.55. The molecule has 5 heteroatoms. The molecule has 0 aromatic heterocycles. The van der Waals surface area contributed by atoms with Gasteiger partial charge < -0.3 is 10.8 Å². The molecule has 1 aromatic rings. The van der Waals surface area contributed by atoms with Crippen molar-refractivity contribution in [1.82, 2.24) is 0 Å². The summed E-state index contributed by atoms with van der Waals surface area (Å²) in [4.78, 5) is 10.2. The van der Waals surface area contributed by atoms with Gasteiger partial charge in [-0.25, -0.2) is 4.39 Å². The van der Waals surface area contributed by atoms with Gasteiger partial charge in [-0.15, -0.1) is 0 Å². The molecule has 0 fully saturated rings. The second-order valence-corrected chi connectivity index (χ2v) is 3.16. The van der Waals surface area contributed by atoms with E-state index in [9.17, 15) is 9.18 Å². The highest BCUT2D eigenvalue weighted by Gasteiger charge is 2.04. The Morgan fingerprint density at radius 1 is 1.60 bits per heavy atom. The summed E-state index contributed by atoms with van der Waals surface area (Å²) in [6, 6.07) is 2.45. The molecule has 3 nitrogen and oxygen atoms in total. The predicted molar refractivity (Wildman–Crippen MR) is 55.0 cm³/mol. The first-order chi connectivity index (χ1) is 7.00. The first-order valence-corrected chi connectivity index (χ1v) is 4.33. The van der Waals surface area contributed by atoms with Crippen molar-refractivity contribution >= 4 is 23.3 Å². The minimum absolute atomic E-state index is 0.128. The lowest BCUT2D eigenvalue weighted by molar-refractivity contribution is -0.135. The fourth-order valence-electron chi connectivity index (χ4n) is 0.903. The molecule has 0 amide bonds. The Morgan fingerprint density at radius 3 is 2.87 bits per heavy atom. The zero-order chi connectivity index (χ0) is 11.4. The largest absolute Gasteiger partial charge is 0.481 e. The van der Waals surface area contributed by atoms with E-state index in [4.69, 9.17) is 22.4 Å². The number of anilines is 1. The second kappa shape index (κ2) is 4.67. The van der Waals surface area contributed by atoms with Gasteiger partial charge in [0.1, 0.15) is 12.2 Å². The van der Waals surface area contributed by atoms with Gasteiger partial charge in [-0.1, -0.05) is 23.4 Å². The summed E-state index contributed by atoms with van der Waals surface area (Å²) >= 11 is 5.58. The molecule has 0 bridgehead atoms. The van der Waals surface area contributed by atoms with Gasteiger partial charge in [0.05, 0.1) is 11.3 Å². The van der Waals surface area contributed by atoms with E-state index in [0.29, 0.717) is 0 Å². The van der Waals surface area contributed by atoms with Gasteiger partial charge in [-0.05, 0) is 12.1 Å². The van der Waals surface area contributed by atoms with Crippen molar-refractivity contribution in [1.29, 1.82) is 0 Å². The SMILES string of the molecule is Nc1c(F)cc(Cl)cc1C#CCC(=O)O. The van der Waals surface area contributed by atoms with Crippen molar-refractivity contribution in [3.05, 3.63) is 28.5 Å². The van der Waals surface area contributed by atoms with Crippen LogP contribution in [-0.2, 0) is 4.79 Å². The normalized spacial score (nSPS) is 9.20. The maximum Gasteiger partial charge on any atom is 0.315 e. The molecular weight excluding hydrogens is 221 g/mol. The summed E-state index contributed by atoms with van der Waals surface area (Å²) in [6.07, 6.45) is -0.326. The van der Waals surface area contributed by atoms with E-state index in [0.717, 1.165) is 6.07 Å². The molecule has 0 atom stereocenters. The van der Waals surface area contributed by atoms with E-state index in [-0.39, 0.29) is 22.7 Å². The van der Waals surface area contributed by atoms with Crippen LogP contribution in [0.3, 0.4) is 0 Å². The van der Waals surface area contributed by atoms with Crippen LogP contribution in [0.15, 0.2) is 12.1 Å². The maximum absolute atomic E-state index is 13.0. The number of carboxylic acid groups (broad SMARTS) is 1. The fourth-order valence-corrected chi connectivity index (χ4v) is 1.11. The van der Waals surface area contributed by atoms with E-state index in [2.05, 4.69) is 11.8 Å². The van der Waals surface area contributed by atoms with Crippen LogP contribution < -0.4 is 5.73 Å². The number of nitrogens with two attached hydrogens (primary N) is 1. The summed E-state index contributed by atoms with van der Waals surface area (Å²) in [5, 5.41) is 8.50. The van der Waals surface area contributed by atoms with Crippen molar-refractivity contribution < 1.29 is 14.3 Å². The Labute approximate surface area is 90.7 Å². The van der Waals surface area contributed by atoms with E-state index < -0.39 is 11.8 Å². The summed E-state index contributed by atoms with van der Waals surface area (Å²) in [7, 11) is 0. The number of carboxylic acids is 1. The van der Waals surface area contributed by atoms with Gasteiger partial charge in [-0.2, -0.15) is 0 Å². The lowest BCUT2D eigenvalue weighted by Gasteiger charge is -2.00. The Bertz CT molecular complexity index is 462. The van der Waals surface area contributed by atoms with Crippen LogP contribution >= 0.6 is 11.6 Å². The standard InChI is InChI=1S/C10H7ClFNO2/c11-7-4-6(2-1-3-9(14)15)10(13)8(12)5-7/h4-5H,3,13H2,(H,14,15). The number of rotatable bonds is 1. The van der Waals surface area contributed by atoms with Gasteiger partial charge >= 0.3 is 5.97 Å². The van der Waals surface area contributed by atoms with Crippen molar-refractivity contribution in [3.8, 4) is 11.8 Å². The number of aliphatic carboxylic acids is 1. The Balaban J connectivity index is 3.02. The average Bonchev–Trinajstić information content (AvgIpc) is 2.12. The van der Waals surface area contributed by atoms with Crippen molar-refractivity contribution in [2.24, 2.45) is 0 Å². The first-order valence-electron chi connectivity index (χ1n) is 3.96. The van der Waals surface area contributed by atoms with Crippen LogP contribution in [0.4, 0.5) is 10.1 Å². The highest BCUT2D eigenvalue weighted by atomic mass is 35.5. The smallest absolute Gasteiger partial charge is 0.315 e. The molecule has 0 radical (unpaired) electrons. The van der Waals surface area contributed by atoms with Crippen LogP contribution in [0.25, 0.3) is 0 Å². The molecule has 0 aliphatic rings. The quantitative estimate of drug-likeness (QED) is 0.569. The van der Waals surface area contributed by atoms with E-state index in [1.165, 1.54) is 6.07 Å². The highest BCUT2D eigenvalue weighted by Crippen LogP contribution is 2.21. The van der Waals surface area contributed by atoms with Gasteiger partial charge in [0, 0.05) is 5.02 Å². The molecule has 0 heterocycles. The van der Waals surface area contributed by atoms with Crippen LogP contribution in [0.2, 0.25) is 5.02 Å². The molecular formula is C10H7ClFNO2. The second-order valence-electron chi connectivity index (χ2n) is 2.72. The number of hydrogen-bond acceptors (Lipinski definition) is 2. The maximum atomic E-state index is 13.0. The van der Waals surface area contributed by atoms with E-state index >= 15 is 0 Å². The van der Waals surface area contributed by atoms with Gasteiger partial charge in [0.2, 0.25) is 0 Å². The van der Waals surface area contributed by atoms with Gasteiger partial charge in [-0.3, -0.25) is 4.79 Å². The number of halogens is 2. The molecule has 1 rings (SSSR count). The van der Waals surface area contributed by atoms with E-state index in [1.54, 1.807) is 0 Å². The Morgan fingerprint density at radius 2 is 2.27 bits per heavy atom. The molecule has 0 spiro atoms. The van der Waals surface area contributed by atoms with Crippen LogP contribution in [0, 0.1) is 17.7 Å². The zero-order valence-corrected chi connectivity index (χ0v) is 8.31. The number of benzene rings is 1. The average molecular weight is 228 g/mol. The van der Waals surface area contributed by atoms with Crippen LogP contribution in [0.5, 0.6) is 0 Å². The van der Waals surface area contributed by atoms with Crippen molar-refractivity contribution in [2.75, 3.05) is 5.73 Å². The Hall–Kier alpha value is -1.73. The molecule has 1 aromatic carbocycles. The third-order valence-corrected chi connectivity index (χ3v) is 1.78. The molecule has 0 aliphatic carbocycles. The molecule has 0 aliphatic heterocycles. The minimum atomic E-state index is -1.05. The predicted octanol–water partition coefficient (Wildman–Crippen LogP) is 1.89. The topological polar surface area (TPSA) is 63.3 Å². The fraction of sp³-hybridized carbons (Fsp3) is 0.100. The monoisotopic (exact) mass is 227 g/mol. The van der Waals surface area contributed by atoms with Gasteiger partial charge in [0.25, 0.3) is 0 Å². The van der Waals surface area contributed by atoms with Crippen molar-refractivity contribution in [2.45, 2.75) is 6.42 Å². The third-order valence-electron chi connectivity index (χ3n) is 1.56. The van der Waals surface area contributed by atoms with Crippen LogP contribution in [-0.4, -0.2) is 11.1 Å². The summed E-state index contributed by atoms with van der Waals surface area (Å²) in [5.41, 5.74) is 5.45. The number of hydrogen-bond donors (Lipinski definition) is 2. The third kappa shape index (κ3) is 3.15. The molecule has 3 N–H and O–H groups in total. The minimum Gasteiger partial charge on any atom is -0.481 e. The summed E-state index contributed by atoms with van der Waals surface area (Å²) in [5.74, 6) is 3.07. The Kier molecular flexibility index (Phi) is 3.53. The van der Waals surface area contributed by atoms with Crippen molar-refractivity contribution in [3.63, 3.8) is 0 Å². The summed E-state index contributed by atoms with van der Waals surface area (Å²) in [6.45, 7) is 0. The van der Waals surface area contributed by atoms with Gasteiger partial charge in [0.15, 0.2) is 0 Å². The molecule has 0 saturated carbocycles. The highest BCUT2D eigenvalue weighted by molar-refractivity contribution is 6.30. The molecule has 15 heavy (non-hydrogen) atoms. The number of nitrogen functional groups attached to an aromatic ring is 1. The molecule has 78 valence electrons. The summed E-state index contributed by atoms with van der Waals surface area (Å²) < 4.78 is 13.0. The number of carbonyl (C=O) groups is 1. The molecule has 0 unspecified atom stereocenters. The molecule has 0 saturated heterocycles. The van der Waals surface area contributed by atoms with E-state index in [1.807, 2.05) is 0 Å². The lowest BCUT2D eigenvalue weighted by Crippen LogP contribution is -1.95. The lowest BCUT2D eigenvalue weighted by atomic mass is 10.1. The first kappa shape index (κ1) is 11.3. The van der Waals surface area contributed by atoms with Crippen LogP contribution in [0.1, 0.15) is 12.0 Å².